The maximum absolute atomic E-state index is 10.8. The molecule has 3 aromatic rings. The van der Waals surface area contributed by atoms with Gasteiger partial charge in [-0.3, -0.25) is 10.1 Å². The van der Waals surface area contributed by atoms with E-state index >= 15 is 0 Å². The van der Waals surface area contributed by atoms with Gasteiger partial charge in [-0.1, -0.05) is 44.2 Å². The molecular weight excluding hydrogens is 350 g/mol. The van der Waals surface area contributed by atoms with Crippen LogP contribution in [-0.4, -0.2) is 23.1 Å². The van der Waals surface area contributed by atoms with Crippen LogP contribution >= 0.6 is 11.3 Å². The number of non-ortho nitro benzene ring substituents is 1. The largest absolute Gasteiger partial charge is 0.492 e. The number of benzene rings is 2. The van der Waals surface area contributed by atoms with E-state index in [-0.39, 0.29) is 11.1 Å². The molecule has 0 spiro atoms. The Kier molecular flexibility index (Phi) is 5.08. The Balaban J connectivity index is 1.53. The second kappa shape index (κ2) is 7.29. The Morgan fingerprint density at radius 1 is 1.19 bits per heavy atom. The van der Waals surface area contributed by atoms with Gasteiger partial charge in [-0.25, -0.2) is 4.98 Å². The predicted octanol–water partition coefficient (Wildman–Crippen LogP) is 4.99. The van der Waals surface area contributed by atoms with Crippen molar-refractivity contribution < 1.29 is 9.66 Å². The summed E-state index contributed by atoms with van der Waals surface area (Å²) in [5.41, 5.74) is 2.23. The molecule has 0 fully saturated rings. The minimum atomic E-state index is -0.398. The minimum absolute atomic E-state index is 0.0785. The zero-order valence-corrected chi connectivity index (χ0v) is 15.8. The number of fused-ring (bicyclic) bond motifs is 1. The average molecular weight is 371 g/mol. The van der Waals surface area contributed by atoms with Crippen molar-refractivity contribution in [2.45, 2.75) is 26.2 Å². The summed E-state index contributed by atoms with van der Waals surface area (Å²) in [6, 6.07) is 12.8. The molecule has 26 heavy (non-hydrogen) atoms. The average Bonchev–Trinajstić information content (AvgIpc) is 3.00. The molecule has 0 bridgehead atoms. The van der Waals surface area contributed by atoms with Crippen LogP contribution in [0.2, 0.25) is 0 Å². The number of hydrogen-bond acceptors (Lipinski definition) is 6. The third-order valence-corrected chi connectivity index (χ3v) is 4.93. The number of thiazole rings is 1. The first-order valence-electron chi connectivity index (χ1n) is 8.35. The summed E-state index contributed by atoms with van der Waals surface area (Å²) >= 11 is 1.40. The first-order valence-corrected chi connectivity index (χ1v) is 9.17. The second-order valence-corrected chi connectivity index (χ2v) is 8.01. The van der Waals surface area contributed by atoms with Gasteiger partial charge in [0.1, 0.15) is 12.4 Å². The molecular formula is C19H21N3O3S. The topological polar surface area (TPSA) is 77.3 Å². The number of anilines is 1. The molecule has 0 aliphatic rings. The van der Waals surface area contributed by atoms with Crippen LogP contribution in [0.1, 0.15) is 26.3 Å². The smallest absolute Gasteiger partial charge is 0.270 e. The SMILES string of the molecule is CC(C)(C)c1ccc(OCCNc2nc3ccc([N+](=O)[O-])cc3s2)cc1. The molecule has 0 amide bonds. The summed E-state index contributed by atoms with van der Waals surface area (Å²) < 4.78 is 6.54. The van der Waals surface area contributed by atoms with Crippen LogP contribution in [0.3, 0.4) is 0 Å². The van der Waals surface area contributed by atoms with Gasteiger partial charge in [0, 0.05) is 12.1 Å². The van der Waals surface area contributed by atoms with E-state index < -0.39 is 4.92 Å². The molecule has 0 saturated carbocycles. The van der Waals surface area contributed by atoms with E-state index in [0.29, 0.717) is 13.2 Å². The van der Waals surface area contributed by atoms with Gasteiger partial charge in [-0.2, -0.15) is 0 Å². The van der Waals surface area contributed by atoms with Crippen molar-refractivity contribution in [3.8, 4) is 5.75 Å². The third kappa shape index (κ3) is 4.29. The lowest BCUT2D eigenvalue weighted by Gasteiger charge is -2.19. The molecule has 0 aliphatic heterocycles. The van der Waals surface area contributed by atoms with Gasteiger partial charge < -0.3 is 10.1 Å². The summed E-state index contributed by atoms with van der Waals surface area (Å²) in [5, 5.41) is 14.8. The Hall–Kier alpha value is -2.67. The van der Waals surface area contributed by atoms with Crippen molar-refractivity contribution in [1.29, 1.82) is 0 Å². The standard InChI is InChI=1S/C19H21N3O3S/c1-19(2,3)13-4-7-15(8-5-13)25-11-10-20-18-21-16-9-6-14(22(23)24)12-17(16)26-18/h4-9,12H,10-11H2,1-3H3,(H,20,21). The number of ether oxygens (including phenoxy) is 1. The van der Waals surface area contributed by atoms with Crippen molar-refractivity contribution in [2.75, 3.05) is 18.5 Å². The van der Waals surface area contributed by atoms with Gasteiger partial charge in [-0.15, -0.1) is 0 Å². The van der Waals surface area contributed by atoms with Crippen LogP contribution in [0.4, 0.5) is 10.8 Å². The summed E-state index contributed by atoms with van der Waals surface area (Å²) in [7, 11) is 0. The molecule has 0 atom stereocenters. The fourth-order valence-electron chi connectivity index (χ4n) is 2.48. The molecule has 0 aliphatic carbocycles. The van der Waals surface area contributed by atoms with Crippen molar-refractivity contribution in [2.24, 2.45) is 0 Å². The maximum atomic E-state index is 10.8. The first-order chi connectivity index (χ1) is 12.3. The minimum Gasteiger partial charge on any atom is -0.492 e. The van der Waals surface area contributed by atoms with Gasteiger partial charge in [-0.05, 0) is 29.2 Å². The number of nitro benzene ring substituents is 1. The highest BCUT2D eigenvalue weighted by atomic mass is 32.1. The van der Waals surface area contributed by atoms with E-state index in [1.54, 1.807) is 12.1 Å². The fourth-order valence-corrected chi connectivity index (χ4v) is 3.40. The lowest BCUT2D eigenvalue weighted by atomic mass is 9.87. The van der Waals surface area contributed by atoms with Gasteiger partial charge in [0.2, 0.25) is 0 Å². The van der Waals surface area contributed by atoms with Crippen molar-refractivity contribution in [3.05, 3.63) is 58.1 Å². The number of aromatic nitrogens is 1. The van der Waals surface area contributed by atoms with Gasteiger partial charge in [0.25, 0.3) is 5.69 Å². The first kappa shape index (κ1) is 18.1. The van der Waals surface area contributed by atoms with E-state index in [0.717, 1.165) is 21.1 Å². The van der Waals surface area contributed by atoms with Gasteiger partial charge in [0.15, 0.2) is 5.13 Å². The summed E-state index contributed by atoms with van der Waals surface area (Å²) in [4.78, 5) is 14.9. The molecule has 1 aromatic heterocycles. The molecule has 0 unspecified atom stereocenters. The summed E-state index contributed by atoms with van der Waals surface area (Å²) in [6.07, 6.45) is 0. The zero-order valence-electron chi connectivity index (χ0n) is 15.0. The fraction of sp³-hybridized carbons (Fsp3) is 0.316. The molecule has 0 radical (unpaired) electrons. The van der Waals surface area contributed by atoms with Crippen LogP contribution in [0.15, 0.2) is 42.5 Å². The second-order valence-electron chi connectivity index (χ2n) is 6.98. The number of nitrogens with one attached hydrogen (secondary N) is 1. The lowest BCUT2D eigenvalue weighted by molar-refractivity contribution is -0.384. The van der Waals surface area contributed by atoms with Crippen LogP contribution in [0.5, 0.6) is 5.75 Å². The van der Waals surface area contributed by atoms with Crippen LogP contribution < -0.4 is 10.1 Å². The van der Waals surface area contributed by atoms with Crippen molar-refractivity contribution >= 4 is 32.4 Å². The number of nitro groups is 1. The number of rotatable bonds is 6. The van der Waals surface area contributed by atoms with E-state index in [4.69, 9.17) is 4.74 Å². The molecule has 0 saturated heterocycles. The monoisotopic (exact) mass is 371 g/mol. The molecule has 1 N–H and O–H groups in total. The molecule has 3 rings (SSSR count). The zero-order chi connectivity index (χ0) is 18.7. The molecule has 1 heterocycles. The quantitative estimate of drug-likeness (QED) is 0.375. The molecule has 2 aromatic carbocycles. The van der Waals surface area contributed by atoms with Crippen LogP contribution in [0, 0.1) is 10.1 Å². The maximum Gasteiger partial charge on any atom is 0.270 e. The highest BCUT2D eigenvalue weighted by Gasteiger charge is 2.13. The number of hydrogen-bond donors (Lipinski definition) is 1. The van der Waals surface area contributed by atoms with E-state index in [2.05, 4.69) is 43.2 Å². The Bertz CT molecular complexity index is 914. The lowest BCUT2D eigenvalue weighted by Crippen LogP contribution is -2.12. The van der Waals surface area contributed by atoms with E-state index in [1.165, 1.54) is 23.0 Å². The summed E-state index contributed by atoms with van der Waals surface area (Å²) in [5.74, 6) is 0.833. The summed E-state index contributed by atoms with van der Waals surface area (Å²) in [6.45, 7) is 7.64. The Morgan fingerprint density at radius 2 is 1.92 bits per heavy atom. The normalized spacial score (nSPS) is 11.5. The molecule has 136 valence electrons. The highest BCUT2D eigenvalue weighted by molar-refractivity contribution is 7.22. The Morgan fingerprint density at radius 3 is 2.58 bits per heavy atom. The van der Waals surface area contributed by atoms with Gasteiger partial charge >= 0.3 is 0 Å². The Labute approximate surface area is 156 Å². The molecule has 6 nitrogen and oxygen atoms in total. The molecule has 7 heteroatoms. The van der Waals surface area contributed by atoms with Crippen LogP contribution in [-0.2, 0) is 5.41 Å². The van der Waals surface area contributed by atoms with Crippen molar-refractivity contribution in [3.63, 3.8) is 0 Å². The van der Waals surface area contributed by atoms with E-state index in [9.17, 15) is 10.1 Å². The predicted molar refractivity (Wildman–Crippen MR) is 105 cm³/mol. The van der Waals surface area contributed by atoms with Crippen LogP contribution in [0.25, 0.3) is 10.2 Å². The highest BCUT2D eigenvalue weighted by Crippen LogP contribution is 2.29. The number of nitrogens with zero attached hydrogens (tertiary/aromatic N) is 2. The van der Waals surface area contributed by atoms with E-state index in [1.807, 2.05) is 12.1 Å². The van der Waals surface area contributed by atoms with Crippen molar-refractivity contribution in [1.82, 2.24) is 4.98 Å². The third-order valence-electron chi connectivity index (χ3n) is 3.95. The van der Waals surface area contributed by atoms with Gasteiger partial charge in [0.05, 0.1) is 21.7 Å².